The second-order valence-electron chi connectivity index (χ2n) is 4.58. The third-order valence-electron chi connectivity index (χ3n) is 3.15. The summed E-state index contributed by atoms with van der Waals surface area (Å²) in [5, 5.41) is 4.44. The Kier molecular flexibility index (Phi) is 4.62. The van der Waals surface area contributed by atoms with Crippen molar-refractivity contribution in [2.75, 3.05) is 0 Å². The van der Waals surface area contributed by atoms with Gasteiger partial charge in [0.1, 0.15) is 0 Å². The van der Waals surface area contributed by atoms with Crippen molar-refractivity contribution in [1.82, 2.24) is 9.78 Å². The van der Waals surface area contributed by atoms with Crippen molar-refractivity contribution < 1.29 is 0 Å². The summed E-state index contributed by atoms with van der Waals surface area (Å²) in [6, 6.07) is 16.3. The molecule has 0 saturated carbocycles. The van der Waals surface area contributed by atoms with Crippen molar-refractivity contribution in [2.24, 2.45) is 0 Å². The van der Waals surface area contributed by atoms with E-state index >= 15 is 0 Å². The molecule has 0 bridgehead atoms. The maximum atomic E-state index is 4.44. The van der Waals surface area contributed by atoms with Gasteiger partial charge in [-0.05, 0) is 29.8 Å². The van der Waals surface area contributed by atoms with Crippen LogP contribution in [0.5, 0.6) is 0 Å². The summed E-state index contributed by atoms with van der Waals surface area (Å²) in [6.07, 6.45) is 3.93. The molecule has 1 heterocycles. The van der Waals surface area contributed by atoms with Gasteiger partial charge in [-0.1, -0.05) is 72.1 Å². The monoisotopic (exact) mass is 468 g/mol. The quantitative estimate of drug-likeness (QED) is 0.437. The van der Waals surface area contributed by atoms with Gasteiger partial charge in [0.25, 0.3) is 0 Å². The van der Waals surface area contributed by atoms with Gasteiger partial charge in [0, 0.05) is 20.7 Å². The maximum absolute atomic E-state index is 4.44. The van der Waals surface area contributed by atoms with Crippen LogP contribution in [0.4, 0.5) is 0 Å². The molecule has 3 aromatic rings. The molecule has 0 N–H and O–H groups in total. The first-order chi connectivity index (χ1) is 10.1. The lowest BCUT2D eigenvalue weighted by atomic mass is 10.1. The maximum Gasteiger partial charge on any atom is 0.0686 e. The van der Waals surface area contributed by atoms with Crippen LogP contribution in [0.3, 0.4) is 0 Å². The number of hydrogen-bond donors (Lipinski definition) is 0. The van der Waals surface area contributed by atoms with Crippen molar-refractivity contribution in [3.63, 3.8) is 0 Å². The Labute approximate surface area is 148 Å². The minimum atomic E-state index is 0.0948. The van der Waals surface area contributed by atoms with Gasteiger partial charge in [-0.25, -0.2) is 4.68 Å². The summed E-state index contributed by atoms with van der Waals surface area (Å²) >= 11 is 10.8. The molecule has 106 valence electrons. The number of nitrogens with zero attached hydrogens (tertiary/aromatic N) is 2. The molecule has 0 amide bonds. The third kappa shape index (κ3) is 3.30. The Balaban J connectivity index is 1.92. The molecule has 0 aliphatic heterocycles. The molecule has 0 aliphatic carbocycles. The highest BCUT2D eigenvalue weighted by molar-refractivity contribution is 9.11. The van der Waals surface area contributed by atoms with Crippen LogP contribution in [0.1, 0.15) is 16.0 Å². The molecule has 3 rings (SSSR count). The molecule has 1 unspecified atom stereocenters. The molecule has 1 atom stereocenters. The Hall–Kier alpha value is -0.910. The molecule has 0 saturated heterocycles. The molecule has 2 aromatic carbocycles. The highest BCUT2D eigenvalue weighted by Gasteiger charge is 2.16. The Morgan fingerprint density at radius 2 is 1.76 bits per heavy atom. The summed E-state index contributed by atoms with van der Waals surface area (Å²) in [7, 11) is 0. The second kappa shape index (κ2) is 6.46. The van der Waals surface area contributed by atoms with Crippen LogP contribution < -0.4 is 0 Å². The van der Waals surface area contributed by atoms with Crippen LogP contribution in [0, 0.1) is 0 Å². The number of para-hydroxylation sites is 1. The van der Waals surface area contributed by atoms with E-state index in [-0.39, 0.29) is 4.83 Å². The highest BCUT2D eigenvalue weighted by Crippen LogP contribution is 2.36. The van der Waals surface area contributed by atoms with Gasteiger partial charge in [-0.15, -0.1) is 0 Å². The first-order valence-corrected chi connectivity index (χ1v) is 8.84. The number of hydrogen-bond acceptors (Lipinski definition) is 1. The van der Waals surface area contributed by atoms with Crippen LogP contribution in [0.15, 0.2) is 69.9 Å². The zero-order chi connectivity index (χ0) is 14.8. The van der Waals surface area contributed by atoms with Gasteiger partial charge in [0.2, 0.25) is 0 Å². The molecule has 2 nitrogen and oxygen atoms in total. The van der Waals surface area contributed by atoms with E-state index in [1.807, 2.05) is 59.5 Å². The summed E-state index contributed by atoms with van der Waals surface area (Å²) in [5.41, 5.74) is 3.34. The largest absolute Gasteiger partial charge is 0.241 e. The summed E-state index contributed by atoms with van der Waals surface area (Å²) in [5.74, 6) is 0. The fourth-order valence-corrected chi connectivity index (χ4v) is 4.29. The van der Waals surface area contributed by atoms with Crippen molar-refractivity contribution in [1.29, 1.82) is 0 Å². The fraction of sp³-hybridized carbons (Fsp3) is 0.0625. The van der Waals surface area contributed by atoms with E-state index in [4.69, 9.17) is 0 Å². The predicted octanol–water partition coefficient (Wildman–Crippen LogP) is 5.88. The topological polar surface area (TPSA) is 17.8 Å². The Bertz CT molecular complexity index is 753. The van der Waals surface area contributed by atoms with Crippen LogP contribution in [-0.4, -0.2) is 9.78 Å². The SMILES string of the molecule is Brc1ccc(C(Br)c2cnn(-c3ccccc3)c2)c(Br)c1. The summed E-state index contributed by atoms with van der Waals surface area (Å²) in [4.78, 5) is 0.0948. The van der Waals surface area contributed by atoms with E-state index in [1.54, 1.807) is 0 Å². The van der Waals surface area contributed by atoms with Crippen molar-refractivity contribution in [3.05, 3.63) is 81.0 Å². The van der Waals surface area contributed by atoms with E-state index in [9.17, 15) is 0 Å². The lowest BCUT2D eigenvalue weighted by Gasteiger charge is -2.10. The molecule has 0 spiro atoms. The van der Waals surface area contributed by atoms with Gasteiger partial charge in [0.05, 0.1) is 16.7 Å². The van der Waals surface area contributed by atoms with E-state index < -0.39 is 0 Å². The van der Waals surface area contributed by atoms with Gasteiger partial charge in [-0.2, -0.15) is 5.10 Å². The van der Waals surface area contributed by atoms with Gasteiger partial charge in [-0.3, -0.25) is 0 Å². The van der Waals surface area contributed by atoms with Crippen LogP contribution in [0.2, 0.25) is 0 Å². The van der Waals surface area contributed by atoms with Crippen LogP contribution in [0.25, 0.3) is 5.69 Å². The molecule has 0 aliphatic rings. The normalized spacial score (nSPS) is 12.3. The number of rotatable bonds is 3. The lowest BCUT2D eigenvalue weighted by Crippen LogP contribution is -1.94. The molecular weight excluding hydrogens is 460 g/mol. The predicted molar refractivity (Wildman–Crippen MR) is 96.2 cm³/mol. The van der Waals surface area contributed by atoms with Gasteiger partial charge < -0.3 is 0 Å². The van der Waals surface area contributed by atoms with Crippen LogP contribution >= 0.6 is 47.8 Å². The van der Waals surface area contributed by atoms with E-state index in [2.05, 4.69) is 59.0 Å². The zero-order valence-corrected chi connectivity index (χ0v) is 15.6. The third-order valence-corrected chi connectivity index (χ3v) is 5.35. The highest BCUT2D eigenvalue weighted by atomic mass is 79.9. The summed E-state index contributed by atoms with van der Waals surface area (Å²) in [6.45, 7) is 0. The zero-order valence-electron chi connectivity index (χ0n) is 10.9. The number of aromatic nitrogens is 2. The Morgan fingerprint density at radius 3 is 2.48 bits per heavy atom. The first kappa shape index (κ1) is 15.0. The molecule has 1 aromatic heterocycles. The Morgan fingerprint density at radius 1 is 1.00 bits per heavy atom. The molecular formula is C16H11Br3N2. The van der Waals surface area contributed by atoms with E-state index in [0.29, 0.717) is 0 Å². The molecule has 21 heavy (non-hydrogen) atoms. The fourth-order valence-electron chi connectivity index (χ4n) is 2.08. The smallest absolute Gasteiger partial charge is 0.0686 e. The van der Waals surface area contributed by atoms with Crippen molar-refractivity contribution in [2.45, 2.75) is 4.83 Å². The average Bonchev–Trinajstić information content (AvgIpc) is 2.97. The van der Waals surface area contributed by atoms with E-state index in [0.717, 1.165) is 20.2 Å². The minimum absolute atomic E-state index is 0.0948. The number of halogens is 3. The molecule has 0 fully saturated rings. The second-order valence-corrected chi connectivity index (χ2v) is 7.27. The van der Waals surface area contributed by atoms with E-state index in [1.165, 1.54) is 5.56 Å². The van der Waals surface area contributed by atoms with Crippen molar-refractivity contribution in [3.8, 4) is 5.69 Å². The number of benzene rings is 2. The van der Waals surface area contributed by atoms with Crippen LogP contribution in [-0.2, 0) is 0 Å². The number of alkyl halides is 1. The van der Waals surface area contributed by atoms with Crippen molar-refractivity contribution >= 4 is 47.8 Å². The lowest BCUT2D eigenvalue weighted by molar-refractivity contribution is 0.880. The van der Waals surface area contributed by atoms with Gasteiger partial charge in [0.15, 0.2) is 0 Å². The first-order valence-electron chi connectivity index (χ1n) is 6.34. The molecule has 5 heteroatoms. The summed E-state index contributed by atoms with van der Waals surface area (Å²) < 4.78 is 4.00. The minimum Gasteiger partial charge on any atom is -0.241 e. The average molecular weight is 471 g/mol. The molecule has 0 radical (unpaired) electrons. The standard InChI is InChI=1S/C16H11Br3N2/c17-12-6-7-14(15(18)8-12)16(19)11-9-20-21(10-11)13-4-2-1-3-5-13/h1-10,16H. The van der Waals surface area contributed by atoms with Gasteiger partial charge >= 0.3 is 0 Å².